The Kier molecular flexibility index (Phi) is 6.01. The van der Waals surface area contributed by atoms with Crippen LogP contribution in [0.2, 0.25) is 0 Å². The van der Waals surface area contributed by atoms with Crippen LogP contribution in [0.1, 0.15) is 30.7 Å². The molecule has 2 aromatic rings. The molecule has 0 saturated carbocycles. The predicted octanol–water partition coefficient (Wildman–Crippen LogP) is 3.30. The topological polar surface area (TPSA) is 84.4 Å². The van der Waals surface area contributed by atoms with Gasteiger partial charge in [0.15, 0.2) is 5.84 Å². The summed E-state index contributed by atoms with van der Waals surface area (Å²) in [7, 11) is 1.98. The Morgan fingerprint density at radius 3 is 2.52 bits per heavy atom. The third-order valence-corrected chi connectivity index (χ3v) is 5.09. The highest BCUT2D eigenvalue weighted by Gasteiger charge is 2.21. The fraction of sp³-hybridized carbons (Fsp3) is 0.500. The molecule has 0 bridgehead atoms. The van der Waals surface area contributed by atoms with Crippen molar-refractivity contribution in [1.29, 1.82) is 10.9 Å². The first kappa shape index (κ1) is 19.2. The quantitative estimate of drug-likeness (QED) is 0.467. The molecular weight excluding hydrogens is 338 g/mol. The first-order valence-corrected chi connectivity index (χ1v) is 9.51. The maximum Gasteiger partial charge on any atom is 0.175 e. The second kappa shape index (κ2) is 8.43. The van der Waals surface area contributed by atoms with Crippen molar-refractivity contribution < 1.29 is 0 Å². The molecule has 0 unspecified atom stereocenters. The van der Waals surface area contributed by atoms with Crippen molar-refractivity contribution in [3.8, 4) is 0 Å². The van der Waals surface area contributed by atoms with Gasteiger partial charge >= 0.3 is 0 Å². The summed E-state index contributed by atoms with van der Waals surface area (Å²) in [5.74, 6) is 0.609. The highest BCUT2D eigenvalue weighted by molar-refractivity contribution is 6.01. The number of nitrogens with zero attached hydrogens (tertiary/aromatic N) is 5. The van der Waals surface area contributed by atoms with Gasteiger partial charge in [-0.3, -0.25) is 15.0 Å². The van der Waals surface area contributed by atoms with Crippen LogP contribution in [-0.2, 0) is 20.0 Å². The minimum absolute atomic E-state index is 0.0263. The van der Waals surface area contributed by atoms with E-state index in [4.69, 9.17) is 10.9 Å². The zero-order valence-corrected chi connectivity index (χ0v) is 16.4. The van der Waals surface area contributed by atoms with E-state index in [1.807, 2.05) is 24.0 Å². The van der Waals surface area contributed by atoms with Gasteiger partial charge in [-0.15, -0.1) is 5.11 Å². The van der Waals surface area contributed by atoms with E-state index in [2.05, 4.69) is 52.1 Å². The normalized spacial score (nSPS) is 15.3. The van der Waals surface area contributed by atoms with E-state index in [0.29, 0.717) is 5.92 Å². The predicted molar refractivity (Wildman–Crippen MR) is 108 cm³/mol. The van der Waals surface area contributed by atoms with Crippen LogP contribution in [0.3, 0.4) is 0 Å². The van der Waals surface area contributed by atoms with E-state index < -0.39 is 0 Å². The van der Waals surface area contributed by atoms with Gasteiger partial charge in [-0.05, 0) is 36.1 Å². The van der Waals surface area contributed by atoms with Gasteiger partial charge < -0.3 is 4.90 Å². The lowest BCUT2D eigenvalue weighted by atomic mass is 9.99. The summed E-state index contributed by atoms with van der Waals surface area (Å²) in [5.41, 5.74) is 11.5. The van der Waals surface area contributed by atoms with Gasteiger partial charge in [0.1, 0.15) is 0 Å². The fourth-order valence-corrected chi connectivity index (χ4v) is 3.63. The number of aryl methyl sites for hydroxylation is 1. The van der Waals surface area contributed by atoms with Gasteiger partial charge in [0.2, 0.25) is 0 Å². The number of hydrogen-bond donors (Lipinski definition) is 2. The van der Waals surface area contributed by atoms with Crippen molar-refractivity contribution in [3.63, 3.8) is 0 Å². The molecule has 0 aliphatic carbocycles. The van der Waals surface area contributed by atoms with Gasteiger partial charge in [0, 0.05) is 57.2 Å². The number of piperazine rings is 1. The average molecular weight is 368 g/mol. The third kappa shape index (κ3) is 4.60. The smallest absolute Gasteiger partial charge is 0.175 e. The third-order valence-electron chi connectivity index (χ3n) is 5.09. The van der Waals surface area contributed by atoms with Crippen LogP contribution in [0, 0.1) is 16.9 Å². The number of benzene rings is 1. The molecule has 7 nitrogen and oxygen atoms in total. The van der Waals surface area contributed by atoms with Crippen LogP contribution in [0.15, 0.2) is 35.6 Å². The van der Waals surface area contributed by atoms with Crippen molar-refractivity contribution in [2.75, 3.05) is 31.1 Å². The molecule has 1 aromatic carbocycles. The number of anilines is 1. The van der Waals surface area contributed by atoms with Crippen molar-refractivity contribution >= 4 is 11.5 Å². The lowest BCUT2D eigenvalue weighted by Crippen LogP contribution is -2.46. The van der Waals surface area contributed by atoms with E-state index in [1.54, 1.807) is 0 Å². The van der Waals surface area contributed by atoms with Gasteiger partial charge in [0.05, 0.1) is 5.69 Å². The average Bonchev–Trinajstić information content (AvgIpc) is 3.06. The molecule has 1 aliphatic rings. The molecule has 0 amide bonds. The number of aromatic nitrogens is 2. The first-order valence-electron chi connectivity index (χ1n) is 9.51. The molecule has 144 valence electrons. The zero-order chi connectivity index (χ0) is 19.4. The molecule has 1 aromatic heterocycles. The molecule has 3 rings (SSSR count). The van der Waals surface area contributed by atoms with Crippen LogP contribution in [0.25, 0.3) is 0 Å². The summed E-state index contributed by atoms with van der Waals surface area (Å²) < 4.78 is 1.93. The number of rotatable bonds is 6. The highest BCUT2D eigenvalue weighted by atomic mass is 15.3. The van der Waals surface area contributed by atoms with E-state index >= 15 is 0 Å². The number of amidine groups is 1. The monoisotopic (exact) mass is 367 g/mol. The van der Waals surface area contributed by atoms with Crippen LogP contribution in [-0.4, -0.2) is 46.7 Å². The van der Waals surface area contributed by atoms with Crippen LogP contribution >= 0.6 is 0 Å². The molecule has 27 heavy (non-hydrogen) atoms. The highest BCUT2D eigenvalue weighted by Crippen LogP contribution is 2.26. The lowest BCUT2D eigenvalue weighted by Gasteiger charge is -2.37. The summed E-state index contributed by atoms with van der Waals surface area (Å²) in [4.78, 5) is 4.77. The Morgan fingerprint density at radius 2 is 1.93 bits per heavy atom. The SMILES string of the molecule is CC(C)Cc1ccc(C(=N)N=N)c(N2CCN(Cc3ccnn3C)CC2)c1. The molecule has 2 N–H and O–H groups in total. The maximum absolute atomic E-state index is 8.04. The molecule has 2 heterocycles. The molecule has 0 spiro atoms. The maximum atomic E-state index is 8.04. The van der Waals surface area contributed by atoms with Crippen molar-refractivity contribution in [2.24, 2.45) is 18.1 Å². The van der Waals surface area contributed by atoms with Crippen molar-refractivity contribution in [3.05, 3.63) is 47.3 Å². The summed E-state index contributed by atoms with van der Waals surface area (Å²) in [6.45, 7) is 9.07. The van der Waals surface area contributed by atoms with E-state index in [9.17, 15) is 0 Å². The zero-order valence-electron chi connectivity index (χ0n) is 16.4. The molecular formula is C20H29N7. The van der Waals surface area contributed by atoms with Crippen LogP contribution in [0.4, 0.5) is 5.69 Å². The Labute approximate surface area is 161 Å². The Bertz CT molecular complexity index is 800. The van der Waals surface area contributed by atoms with Crippen molar-refractivity contribution in [1.82, 2.24) is 14.7 Å². The summed E-state index contributed by atoms with van der Waals surface area (Å²) in [6.07, 6.45) is 2.85. The van der Waals surface area contributed by atoms with E-state index in [-0.39, 0.29) is 5.84 Å². The second-order valence-corrected chi connectivity index (χ2v) is 7.62. The molecule has 0 radical (unpaired) electrons. The number of hydrogen-bond acceptors (Lipinski definition) is 5. The fourth-order valence-electron chi connectivity index (χ4n) is 3.63. The number of nitrogens with one attached hydrogen (secondary N) is 2. The molecule has 1 fully saturated rings. The van der Waals surface area contributed by atoms with E-state index in [1.165, 1.54) is 11.3 Å². The summed E-state index contributed by atoms with van der Waals surface area (Å²) in [6, 6.07) is 8.27. The minimum atomic E-state index is 0.0263. The molecule has 1 saturated heterocycles. The van der Waals surface area contributed by atoms with Gasteiger partial charge in [-0.1, -0.05) is 19.9 Å². The van der Waals surface area contributed by atoms with Gasteiger partial charge in [-0.25, -0.2) is 5.53 Å². The first-order chi connectivity index (χ1) is 13.0. The Balaban J connectivity index is 1.74. The lowest BCUT2D eigenvalue weighted by molar-refractivity contribution is 0.243. The molecule has 7 heteroatoms. The summed E-state index contributed by atoms with van der Waals surface area (Å²) >= 11 is 0. The largest absolute Gasteiger partial charge is 0.368 e. The van der Waals surface area contributed by atoms with Crippen LogP contribution in [0.5, 0.6) is 0 Å². The molecule has 1 aliphatic heterocycles. The summed E-state index contributed by atoms with van der Waals surface area (Å²) in [5, 5.41) is 15.7. The van der Waals surface area contributed by atoms with Gasteiger partial charge in [0.25, 0.3) is 0 Å². The second-order valence-electron chi connectivity index (χ2n) is 7.62. The van der Waals surface area contributed by atoms with Crippen LogP contribution < -0.4 is 4.90 Å². The standard InChI is InChI=1S/C20H29N7/c1-15(2)12-16-4-5-18(20(21)24-22)19(13-16)27-10-8-26(9-11-27)14-17-6-7-23-25(17)3/h4-7,13,15,21-22H,8-12,14H2,1-3H3. The molecule has 0 atom stereocenters. The van der Waals surface area contributed by atoms with E-state index in [0.717, 1.165) is 50.4 Å². The Hall–Kier alpha value is -2.54. The Morgan fingerprint density at radius 1 is 1.19 bits per heavy atom. The van der Waals surface area contributed by atoms with Gasteiger partial charge in [-0.2, -0.15) is 5.10 Å². The minimum Gasteiger partial charge on any atom is -0.368 e. The van der Waals surface area contributed by atoms with Crippen molar-refractivity contribution in [2.45, 2.75) is 26.8 Å².